The quantitative estimate of drug-likeness (QED) is 0.725. The average Bonchev–Trinajstić information content (AvgIpc) is 2.98. The number of hydrogen-bond donors (Lipinski definition) is 1. The summed E-state index contributed by atoms with van der Waals surface area (Å²) >= 11 is 5.82. The van der Waals surface area contributed by atoms with Crippen LogP contribution in [0.1, 0.15) is 30.5 Å². The van der Waals surface area contributed by atoms with Crippen molar-refractivity contribution in [1.29, 1.82) is 5.26 Å². The van der Waals surface area contributed by atoms with Crippen LogP contribution in [-0.2, 0) is 12.0 Å². The lowest BCUT2D eigenvalue weighted by Crippen LogP contribution is -2.19. The van der Waals surface area contributed by atoms with Crippen molar-refractivity contribution in [1.82, 2.24) is 9.78 Å². The number of fused-ring (bicyclic) bond motifs is 1. The minimum absolute atomic E-state index is 0.241. The Bertz CT molecular complexity index is 920. The van der Waals surface area contributed by atoms with E-state index in [1.54, 1.807) is 23.0 Å². The van der Waals surface area contributed by atoms with E-state index in [-0.39, 0.29) is 11.2 Å². The molecule has 0 saturated carbocycles. The normalized spacial score (nSPS) is 11.6. The molecule has 3 aromatic rings. The van der Waals surface area contributed by atoms with Gasteiger partial charge in [-0.25, -0.2) is 0 Å². The molecule has 0 saturated heterocycles. The number of halogens is 1. The summed E-state index contributed by atoms with van der Waals surface area (Å²) in [5.74, 6) is 0.688. The van der Waals surface area contributed by atoms with Crippen molar-refractivity contribution in [2.75, 3.05) is 5.88 Å². The van der Waals surface area contributed by atoms with Crippen molar-refractivity contribution in [3.8, 4) is 11.8 Å². The van der Waals surface area contributed by atoms with Crippen molar-refractivity contribution < 1.29 is 5.11 Å². The van der Waals surface area contributed by atoms with E-state index < -0.39 is 0 Å². The molecule has 0 fully saturated rings. The molecule has 0 spiro atoms. The Morgan fingerprint density at radius 1 is 1.21 bits per heavy atom. The van der Waals surface area contributed by atoms with Crippen LogP contribution in [0.4, 0.5) is 0 Å². The van der Waals surface area contributed by atoms with Crippen LogP contribution >= 0.6 is 11.6 Å². The van der Waals surface area contributed by atoms with Crippen molar-refractivity contribution in [2.24, 2.45) is 0 Å². The Hall–Kier alpha value is -2.51. The highest BCUT2D eigenvalue weighted by Crippen LogP contribution is 2.35. The molecule has 0 bridgehead atoms. The molecule has 4 nitrogen and oxygen atoms in total. The van der Waals surface area contributed by atoms with Crippen molar-refractivity contribution in [3.63, 3.8) is 0 Å². The topological polar surface area (TPSA) is 61.8 Å². The van der Waals surface area contributed by atoms with Gasteiger partial charge in [0.25, 0.3) is 0 Å². The van der Waals surface area contributed by atoms with Gasteiger partial charge in [0.15, 0.2) is 0 Å². The molecule has 1 aromatic heterocycles. The van der Waals surface area contributed by atoms with Gasteiger partial charge < -0.3 is 5.11 Å². The number of nitriles is 1. The zero-order chi connectivity index (χ0) is 17.3. The first-order chi connectivity index (χ1) is 11.5. The third-order valence-electron chi connectivity index (χ3n) is 4.46. The van der Waals surface area contributed by atoms with Gasteiger partial charge in [0.1, 0.15) is 11.8 Å². The fourth-order valence-electron chi connectivity index (χ4n) is 2.97. The van der Waals surface area contributed by atoms with Crippen LogP contribution in [-0.4, -0.2) is 20.8 Å². The van der Waals surface area contributed by atoms with Gasteiger partial charge in [-0.2, -0.15) is 10.4 Å². The molecule has 0 atom stereocenters. The number of aromatic hydroxyl groups is 1. The fraction of sp³-hybridized carbons (Fsp3) is 0.263. The van der Waals surface area contributed by atoms with E-state index in [0.717, 1.165) is 22.0 Å². The monoisotopic (exact) mass is 339 g/mol. The number of aryl methyl sites for hydroxylation is 1. The summed E-state index contributed by atoms with van der Waals surface area (Å²) < 4.78 is 1.78. The van der Waals surface area contributed by atoms with Gasteiger partial charge in [0, 0.05) is 16.7 Å². The number of phenolic OH excluding ortho intramolecular Hbond substituents is 1. The number of phenols is 1. The van der Waals surface area contributed by atoms with Crippen molar-refractivity contribution >= 4 is 22.5 Å². The Morgan fingerprint density at radius 3 is 2.54 bits per heavy atom. The van der Waals surface area contributed by atoms with Gasteiger partial charge in [-0.3, -0.25) is 4.68 Å². The molecule has 5 heteroatoms. The number of nitrogens with zero attached hydrogens (tertiary/aromatic N) is 3. The van der Waals surface area contributed by atoms with Gasteiger partial charge >= 0.3 is 0 Å². The molecule has 24 heavy (non-hydrogen) atoms. The summed E-state index contributed by atoms with van der Waals surface area (Å²) in [6, 6.07) is 13.4. The maximum Gasteiger partial charge on any atom is 0.115 e. The summed E-state index contributed by atoms with van der Waals surface area (Å²) in [4.78, 5) is 0. The number of alkyl halides is 1. The first kappa shape index (κ1) is 16.4. The van der Waals surface area contributed by atoms with E-state index in [9.17, 15) is 10.4 Å². The summed E-state index contributed by atoms with van der Waals surface area (Å²) in [7, 11) is 0. The highest BCUT2D eigenvalue weighted by molar-refractivity contribution is 6.17. The molecular weight excluding hydrogens is 322 g/mol. The maximum absolute atomic E-state index is 9.59. The molecule has 0 aliphatic heterocycles. The third-order valence-corrected chi connectivity index (χ3v) is 4.63. The number of hydrogen-bond acceptors (Lipinski definition) is 3. The van der Waals surface area contributed by atoms with E-state index in [0.29, 0.717) is 18.0 Å². The van der Waals surface area contributed by atoms with E-state index in [2.05, 4.69) is 31.1 Å². The lowest BCUT2D eigenvalue weighted by Gasteiger charge is -2.26. The third kappa shape index (κ3) is 2.72. The molecule has 0 radical (unpaired) electrons. The lowest BCUT2D eigenvalue weighted by molar-refractivity contribution is 0.474. The van der Waals surface area contributed by atoms with Gasteiger partial charge in [-0.05, 0) is 35.4 Å². The molecule has 1 heterocycles. The zero-order valence-corrected chi connectivity index (χ0v) is 14.4. The molecule has 0 aliphatic rings. The molecule has 122 valence electrons. The number of rotatable bonds is 4. The van der Waals surface area contributed by atoms with Gasteiger partial charge in [-0.1, -0.05) is 26.0 Å². The van der Waals surface area contributed by atoms with Crippen molar-refractivity contribution in [3.05, 3.63) is 59.3 Å². The average molecular weight is 340 g/mol. The second-order valence-electron chi connectivity index (χ2n) is 6.30. The molecule has 2 aromatic carbocycles. The van der Waals surface area contributed by atoms with Crippen LogP contribution in [0.15, 0.2) is 42.6 Å². The zero-order valence-electron chi connectivity index (χ0n) is 13.6. The predicted molar refractivity (Wildman–Crippen MR) is 95.4 cm³/mol. The minimum Gasteiger partial charge on any atom is -0.508 e. The second kappa shape index (κ2) is 6.18. The highest BCUT2D eigenvalue weighted by atomic mass is 35.5. The number of aromatic nitrogens is 2. The summed E-state index contributed by atoms with van der Waals surface area (Å²) in [6.45, 7) is 4.77. The Labute approximate surface area is 145 Å². The maximum atomic E-state index is 9.59. The Balaban J connectivity index is 2.16. The molecule has 1 N–H and O–H groups in total. The second-order valence-corrected chi connectivity index (χ2v) is 6.68. The van der Waals surface area contributed by atoms with Crippen LogP contribution in [0.2, 0.25) is 0 Å². The van der Waals surface area contributed by atoms with E-state index in [1.807, 2.05) is 18.2 Å². The summed E-state index contributed by atoms with van der Waals surface area (Å²) in [5.41, 5.74) is 3.21. The molecule has 0 amide bonds. The van der Waals surface area contributed by atoms with Crippen LogP contribution in [0, 0.1) is 11.3 Å². The van der Waals surface area contributed by atoms with Crippen LogP contribution in [0.3, 0.4) is 0 Å². The predicted octanol–water partition coefficient (Wildman–Crippen LogP) is 4.18. The first-order valence-electron chi connectivity index (χ1n) is 7.73. The lowest BCUT2D eigenvalue weighted by atomic mass is 9.77. The largest absolute Gasteiger partial charge is 0.508 e. The van der Waals surface area contributed by atoms with Gasteiger partial charge in [0.05, 0.1) is 23.8 Å². The Morgan fingerprint density at radius 2 is 1.92 bits per heavy atom. The fourth-order valence-corrected chi connectivity index (χ4v) is 3.13. The SMILES string of the molecule is CC(C)(c1ccc(O)cc1)c1cc(C#N)c2c(cnn2CCCl)c1. The van der Waals surface area contributed by atoms with Crippen LogP contribution < -0.4 is 0 Å². The van der Waals surface area contributed by atoms with Crippen LogP contribution in [0.25, 0.3) is 10.9 Å². The molecule has 0 unspecified atom stereocenters. The molecular formula is C19H18ClN3O. The molecule has 0 aliphatic carbocycles. The van der Waals surface area contributed by atoms with Crippen molar-refractivity contribution in [2.45, 2.75) is 25.8 Å². The summed E-state index contributed by atoms with van der Waals surface area (Å²) in [5, 5.41) is 24.4. The number of benzene rings is 2. The summed E-state index contributed by atoms with van der Waals surface area (Å²) in [6.07, 6.45) is 1.78. The first-order valence-corrected chi connectivity index (χ1v) is 8.26. The van der Waals surface area contributed by atoms with Gasteiger partial charge in [0.2, 0.25) is 0 Å². The van der Waals surface area contributed by atoms with Gasteiger partial charge in [-0.15, -0.1) is 11.6 Å². The molecule has 3 rings (SSSR count). The van der Waals surface area contributed by atoms with Crippen LogP contribution in [0.5, 0.6) is 5.75 Å². The minimum atomic E-state index is -0.303. The van der Waals surface area contributed by atoms with E-state index >= 15 is 0 Å². The van der Waals surface area contributed by atoms with E-state index in [4.69, 9.17) is 11.6 Å². The van der Waals surface area contributed by atoms with E-state index in [1.165, 1.54) is 0 Å². The smallest absolute Gasteiger partial charge is 0.115 e. The Kier molecular flexibility index (Phi) is 4.21. The standard InChI is InChI=1S/C19H18ClN3O/c1-19(2,15-3-5-17(24)6-4-15)16-9-13(11-21)18-14(10-16)12-22-23(18)8-7-20/h3-6,9-10,12,24H,7-8H2,1-2H3. The highest BCUT2D eigenvalue weighted by Gasteiger charge is 2.25.